The van der Waals surface area contributed by atoms with E-state index in [4.69, 9.17) is 9.52 Å². The third-order valence-electron chi connectivity index (χ3n) is 3.12. The molecule has 1 atom stereocenters. The Kier molecular flexibility index (Phi) is 5.69. The van der Waals surface area contributed by atoms with Crippen LogP contribution in [-0.4, -0.2) is 42.6 Å². The van der Waals surface area contributed by atoms with Crippen molar-refractivity contribution in [3.8, 4) is 0 Å². The Morgan fingerprint density at radius 1 is 1.17 bits per heavy atom. The van der Waals surface area contributed by atoms with Crippen LogP contribution in [0, 0.1) is 0 Å². The van der Waals surface area contributed by atoms with E-state index in [1.165, 1.54) is 36.6 Å². The van der Waals surface area contributed by atoms with Crippen LogP contribution in [-0.2, 0) is 9.53 Å². The number of amides is 2. The second-order valence-corrected chi connectivity index (χ2v) is 4.74. The number of ether oxygens (including phenoxy) is 1. The molecule has 1 aromatic carbocycles. The Bertz CT molecular complexity index is 709. The normalized spacial score (nSPS) is 11.4. The van der Waals surface area contributed by atoms with Gasteiger partial charge in [-0.15, -0.1) is 0 Å². The summed E-state index contributed by atoms with van der Waals surface area (Å²) < 4.78 is 9.44. The summed E-state index contributed by atoms with van der Waals surface area (Å²) in [5.74, 6) is -1.54. The minimum Gasteiger partial charge on any atom is -0.467 e. The van der Waals surface area contributed by atoms with Crippen molar-refractivity contribution in [2.75, 3.05) is 19.0 Å². The summed E-state index contributed by atoms with van der Waals surface area (Å²) >= 11 is 0. The highest BCUT2D eigenvalue weighted by atomic mass is 16.5. The maximum atomic E-state index is 12.0. The van der Waals surface area contributed by atoms with E-state index in [-0.39, 0.29) is 11.3 Å². The molecule has 2 amide bonds. The zero-order valence-electron chi connectivity index (χ0n) is 12.8. The van der Waals surface area contributed by atoms with Gasteiger partial charge in [-0.1, -0.05) is 0 Å². The van der Waals surface area contributed by atoms with E-state index in [2.05, 4.69) is 15.4 Å². The summed E-state index contributed by atoms with van der Waals surface area (Å²) in [6.45, 7) is -0.574. The highest BCUT2D eigenvalue weighted by Crippen LogP contribution is 2.12. The average Bonchev–Trinajstić information content (AvgIpc) is 3.14. The van der Waals surface area contributed by atoms with E-state index in [1.807, 2.05) is 0 Å². The predicted molar refractivity (Wildman–Crippen MR) is 83.5 cm³/mol. The van der Waals surface area contributed by atoms with Crippen molar-refractivity contribution in [2.24, 2.45) is 0 Å². The number of aliphatic hydroxyl groups excluding tert-OH is 1. The van der Waals surface area contributed by atoms with Crippen LogP contribution in [0.4, 0.5) is 5.69 Å². The molecule has 0 bridgehead atoms. The van der Waals surface area contributed by atoms with E-state index >= 15 is 0 Å². The maximum absolute atomic E-state index is 12.0. The van der Waals surface area contributed by atoms with Gasteiger partial charge >= 0.3 is 5.97 Å². The predicted octanol–water partition coefficient (Wildman–Crippen LogP) is 0.796. The lowest BCUT2D eigenvalue weighted by molar-refractivity contribution is -0.143. The molecule has 24 heavy (non-hydrogen) atoms. The van der Waals surface area contributed by atoms with Gasteiger partial charge in [-0.25, -0.2) is 4.79 Å². The molecule has 0 unspecified atom stereocenters. The Hall–Kier alpha value is -3.13. The molecule has 0 radical (unpaired) electrons. The summed E-state index contributed by atoms with van der Waals surface area (Å²) in [6.07, 6.45) is 1.39. The molecule has 2 rings (SSSR count). The third-order valence-corrected chi connectivity index (χ3v) is 3.12. The number of nitrogens with one attached hydrogen (secondary N) is 2. The van der Waals surface area contributed by atoms with Crippen LogP contribution >= 0.6 is 0 Å². The zero-order chi connectivity index (χ0) is 17.5. The minimum atomic E-state index is -1.14. The Labute approximate surface area is 137 Å². The fraction of sp³-hybridized carbons (Fsp3) is 0.188. The quantitative estimate of drug-likeness (QED) is 0.673. The summed E-state index contributed by atoms with van der Waals surface area (Å²) in [4.78, 5) is 35.2. The molecule has 3 N–H and O–H groups in total. The summed E-state index contributed by atoms with van der Waals surface area (Å²) in [7, 11) is 1.16. The molecule has 1 heterocycles. The first kappa shape index (κ1) is 17.2. The number of hydrogen-bond acceptors (Lipinski definition) is 6. The Morgan fingerprint density at radius 2 is 1.88 bits per heavy atom. The van der Waals surface area contributed by atoms with Gasteiger partial charge in [0, 0.05) is 11.3 Å². The Balaban J connectivity index is 1.99. The molecule has 8 heteroatoms. The molecule has 126 valence electrons. The largest absolute Gasteiger partial charge is 0.467 e. The SMILES string of the molecule is COC(=O)[C@H](CO)NC(=O)c1ccc(NC(=O)c2ccco2)cc1. The molecule has 1 aromatic heterocycles. The molecule has 0 aliphatic heterocycles. The molecular formula is C16H16N2O6. The average molecular weight is 332 g/mol. The van der Waals surface area contributed by atoms with Crippen LogP contribution in [0.2, 0.25) is 0 Å². The summed E-state index contributed by atoms with van der Waals surface area (Å²) in [6, 6.07) is 7.99. The van der Waals surface area contributed by atoms with Crippen molar-refractivity contribution >= 4 is 23.5 Å². The van der Waals surface area contributed by atoms with Gasteiger partial charge in [0.05, 0.1) is 20.0 Å². The molecule has 0 saturated heterocycles. The van der Waals surface area contributed by atoms with E-state index in [9.17, 15) is 14.4 Å². The Morgan fingerprint density at radius 3 is 2.42 bits per heavy atom. The van der Waals surface area contributed by atoms with Crippen molar-refractivity contribution in [1.82, 2.24) is 5.32 Å². The maximum Gasteiger partial charge on any atom is 0.330 e. The smallest absolute Gasteiger partial charge is 0.330 e. The van der Waals surface area contributed by atoms with E-state index < -0.39 is 30.4 Å². The molecular weight excluding hydrogens is 316 g/mol. The fourth-order valence-corrected chi connectivity index (χ4v) is 1.87. The topological polar surface area (TPSA) is 118 Å². The molecule has 0 aliphatic rings. The molecule has 0 fully saturated rings. The van der Waals surface area contributed by atoms with Crippen molar-refractivity contribution in [1.29, 1.82) is 0 Å². The van der Waals surface area contributed by atoms with Crippen molar-refractivity contribution in [2.45, 2.75) is 6.04 Å². The molecule has 0 spiro atoms. The van der Waals surface area contributed by atoms with Crippen LogP contribution in [0.1, 0.15) is 20.9 Å². The summed E-state index contributed by atoms with van der Waals surface area (Å²) in [5, 5.41) is 14.0. The van der Waals surface area contributed by atoms with Gasteiger partial charge in [0.15, 0.2) is 11.8 Å². The number of carbonyl (C=O) groups is 3. The lowest BCUT2D eigenvalue weighted by Crippen LogP contribution is -2.44. The van der Waals surface area contributed by atoms with Crippen molar-refractivity contribution in [3.63, 3.8) is 0 Å². The molecule has 8 nitrogen and oxygen atoms in total. The van der Waals surface area contributed by atoms with Gasteiger partial charge in [0.2, 0.25) is 0 Å². The van der Waals surface area contributed by atoms with Gasteiger partial charge in [0.25, 0.3) is 11.8 Å². The van der Waals surface area contributed by atoms with Crippen molar-refractivity contribution in [3.05, 3.63) is 54.0 Å². The number of rotatable bonds is 6. The van der Waals surface area contributed by atoms with Gasteiger partial charge in [-0.05, 0) is 36.4 Å². The number of methoxy groups -OCH3 is 1. The fourth-order valence-electron chi connectivity index (χ4n) is 1.87. The van der Waals surface area contributed by atoms with E-state index in [1.54, 1.807) is 6.07 Å². The van der Waals surface area contributed by atoms with Gasteiger partial charge in [-0.3, -0.25) is 9.59 Å². The minimum absolute atomic E-state index is 0.167. The first-order valence-corrected chi connectivity index (χ1v) is 6.99. The molecule has 0 aliphatic carbocycles. The lowest BCUT2D eigenvalue weighted by atomic mass is 10.1. The molecule has 0 saturated carbocycles. The van der Waals surface area contributed by atoms with E-state index in [0.29, 0.717) is 5.69 Å². The second-order valence-electron chi connectivity index (χ2n) is 4.74. The van der Waals surface area contributed by atoms with Crippen LogP contribution in [0.25, 0.3) is 0 Å². The third kappa shape index (κ3) is 4.20. The van der Waals surface area contributed by atoms with Crippen LogP contribution in [0.5, 0.6) is 0 Å². The second kappa shape index (κ2) is 7.93. The molecule has 2 aromatic rings. The number of aliphatic hydroxyl groups is 1. The first-order chi connectivity index (χ1) is 11.5. The summed E-state index contributed by atoms with van der Waals surface area (Å²) in [5.41, 5.74) is 0.730. The van der Waals surface area contributed by atoms with Gasteiger partial charge in [-0.2, -0.15) is 0 Å². The standard InChI is InChI=1S/C16H16N2O6/c1-23-16(22)12(9-19)18-14(20)10-4-6-11(7-5-10)17-15(21)13-3-2-8-24-13/h2-8,12,19H,9H2,1H3,(H,17,21)(H,18,20)/t12-/m0/s1. The number of benzene rings is 1. The zero-order valence-corrected chi connectivity index (χ0v) is 12.8. The number of carbonyl (C=O) groups excluding carboxylic acids is 3. The highest BCUT2D eigenvalue weighted by molar-refractivity contribution is 6.02. The monoisotopic (exact) mass is 332 g/mol. The lowest BCUT2D eigenvalue weighted by Gasteiger charge is -2.14. The number of furan rings is 1. The number of anilines is 1. The van der Waals surface area contributed by atoms with Gasteiger partial charge < -0.3 is 24.9 Å². The van der Waals surface area contributed by atoms with E-state index in [0.717, 1.165) is 7.11 Å². The highest BCUT2D eigenvalue weighted by Gasteiger charge is 2.21. The number of esters is 1. The number of hydrogen-bond donors (Lipinski definition) is 3. The van der Waals surface area contributed by atoms with Gasteiger partial charge in [0.1, 0.15) is 0 Å². The van der Waals surface area contributed by atoms with Crippen LogP contribution < -0.4 is 10.6 Å². The van der Waals surface area contributed by atoms with Crippen LogP contribution in [0.15, 0.2) is 47.1 Å². The van der Waals surface area contributed by atoms with Crippen LogP contribution in [0.3, 0.4) is 0 Å². The van der Waals surface area contributed by atoms with Crippen molar-refractivity contribution < 1.29 is 28.6 Å². The first-order valence-electron chi connectivity index (χ1n) is 6.99.